The molecule has 9 nitrogen and oxygen atoms in total. The molecule has 0 aliphatic rings. The Morgan fingerprint density at radius 3 is 2.52 bits per heavy atom. The van der Waals surface area contributed by atoms with E-state index in [0.717, 1.165) is 5.76 Å². The summed E-state index contributed by atoms with van der Waals surface area (Å²) in [5.74, 6) is 1.31. The zero-order valence-corrected chi connectivity index (χ0v) is 17.3. The number of ether oxygens (including phenoxy) is 1. The van der Waals surface area contributed by atoms with Crippen LogP contribution in [0, 0.1) is 0 Å². The van der Waals surface area contributed by atoms with E-state index in [1.54, 1.807) is 55.0 Å². The lowest BCUT2D eigenvalue weighted by Gasteiger charge is -2.08. The molecular formula is C21H18N4O5S. The highest BCUT2D eigenvalue weighted by molar-refractivity contribution is 7.99. The summed E-state index contributed by atoms with van der Waals surface area (Å²) in [6, 6.07) is 13.7. The lowest BCUT2D eigenvalue weighted by atomic mass is 10.2. The van der Waals surface area contributed by atoms with Crippen LogP contribution in [0.4, 0.5) is 5.69 Å². The van der Waals surface area contributed by atoms with Crippen molar-refractivity contribution in [3.63, 3.8) is 0 Å². The Kier molecular flexibility index (Phi) is 6.18. The van der Waals surface area contributed by atoms with Crippen LogP contribution in [0.15, 0.2) is 75.0 Å². The van der Waals surface area contributed by atoms with Gasteiger partial charge in [-0.1, -0.05) is 11.8 Å². The van der Waals surface area contributed by atoms with Gasteiger partial charge in [-0.05, 0) is 48.5 Å². The smallest absolute Gasteiger partial charge is 0.337 e. The Balaban J connectivity index is 1.44. The number of nitrogens with zero attached hydrogens (tertiary/aromatic N) is 3. The monoisotopic (exact) mass is 438 g/mol. The molecule has 31 heavy (non-hydrogen) atoms. The van der Waals surface area contributed by atoms with E-state index in [9.17, 15) is 9.59 Å². The lowest BCUT2D eigenvalue weighted by Crippen LogP contribution is -2.15. The Morgan fingerprint density at radius 2 is 1.84 bits per heavy atom. The van der Waals surface area contributed by atoms with Gasteiger partial charge in [0.25, 0.3) is 0 Å². The predicted octanol–water partition coefficient (Wildman–Crippen LogP) is 3.70. The van der Waals surface area contributed by atoms with E-state index < -0.39 is 5.97 Å². The van der Waals surface area contributed by atoms with Crippen molar-refractivity contribution in [2.24, 2.45) is 0 Å². The largest absolute Gasteiger partial charge is 0.467 e. The van der Waals surface area contributed by atoms with E-state index >= 15 is 0 Å². The number of furan rings is 2. The van der Waals surface area contributed by atoms with Crippen LogP contribution in [0.2, 0.25) is 0 Å². The number of amides is 1. The van der Waals surface area contributed by atoms with Crippen molar-refractivity contribution in [1.82, 2.24) is 14.8 Å². The summed E-state index contributed by atoms with van der Waals surface area (Å²) in [5.41, 5.74) is 0.984. The molecule has 0 saturated carbocycles. The van der Waals surface area contributed by atoms with Crippen molar-refractivity contribution in [3.8, 4) is 11.6 Å². The van der Waals surface area contributed by atoms with E-state index in [4.69, 9.17) is 8.83 Å². The van der Waals surface area contributed by atoms with Crippen molar-refractivity contribution in [3.05, 3.63) is 72.4 Å². The third kappa shape index (κ3) is 4.86. The number of hydrogen-bond donors (Lipinski definition) is 1. The highest BCUT2D eigenvalue weighted by Crippen LogP contribution is 2.26. The predicted molar refractivity (Wildman–Crippen MR) is 113 cm³/mol. The molecule has 4 rings (SSSR count). The minimum absolute atomic E-state index is 0.118. The Labute approximate surface area is 181 Å². The highest BCUT2D eigenvalue weighted by atomic mass is 32.2. The van der Waals surface area contributed by atoms with Crippen molar-refractivity contribution in [2.45, 2.75) is 11.7 Å². The zero-order chi connectivity index (χ0) is 21.6. The molecule has 0 atom stereocenters. The van der Waals surface area contributed by atoms with Crippen LogP contribution >= 0.6 is 11.8 Å². The second-order valence-electron chi connectivity index (χ2n) is 6.35. The molecule has 0 unspecified atom stereocenters. The lowest BCUT2D eigenvalue weighted by molar-refractivity contribution is -0.113. The normalized spacial score (nSPS) is 10.7. The summed E-state index contributed by atoms with van der Waals surface area (Å²) in [6.45, 7) is 0.398. The number of rotatable bonds is 8. The summed E-state index contributed by atoms with van der Waals surface area (Å²) in [6.07, 6.45) is 3.16. The topological polar surface area (TPSA) is 112 Å². The molecule has 158 valence electrons. The molecular weight excluding hydrogens is 420 g/mol. The summed E-state index contributed by atoms with van der Waals surface area (Å²) >= 11 is 1.25. The molecule has 0 fully saturated rings. The van der Waals surface area contributed by atoms with E-state index in [0.29, 0.717) is 34.5 Å². The van der Waals surface area contributed by atoms with E-state index in [1.807, 2.05) is 10.6 Å². The summed E-state index contributed by atoms with van der Waals surface area (Å²) in [4.78, 5) is 23.9. The number of aromatic nitrogens is 3. The highest BCUT2D eigenvalue weighted by Gasteiger charge is 2.18. The van der Waals surface area contributed by atoms with Gasteiger partial charge in [-0.25, -0.2) is 4.79 Å². The number of thioether (sulfide) groups is 1. The van der Waals surface area contributed by atoms with Crippen LogP contribution < -0.4 is 5.32 Å². The molecule has 0 radical (unpaired) electrons. The quantitative estimate of drug-likeness (QED) is 0.327. The third-order valence-electron chi connectivity index (χ3n) is 4.27. The van der Waals surface area contributed by atoms with E-state index in [2.05, 4.69) is 20.3 Å². The van der Waals surface area contributed by atoms with Crippen LogP contribution in [-0.4, -0.2) is 39.5 Å². The maximum absolute atomic E-state index is 12.4. The van der Waals surface area contributed by atoms with E-state index in [-0.39, 0.29) is 11.7 Å². The average Bonchev–Trinajstić information content (AvgIpc) is 3.55. The van der Waals surface area contributed by atoms with Gasteiger partial charge in [0, 0.05) is 5.69 Å². The Hall–Kier alpha value is -3.79. The van der Waals surface area contributed by atoms with Gasteiger partial charge in [0.2, 0.25) is 11.7 Å². The fourth-order valence-corrected chi connectivity index (χ4v) is 3.56. The minimum atomic E-state index is -0.434. The van der Waals surface area contributed by atoms with Crippen LogP contribution in [0.25, 0.3) is 11.6 Å². The first-order valence-electron chi connectivity index (χ1n) is 9.24. The second-order valence-corrected chi connectivity index (χ2v) is 7.30. The number of methoxy groups -OCH3 is 1. The standard InChI is InChI=1S/C21H18N4O5S/c1-28-20(27)14-6-8-15(9-7-14)22-18(26)13-31-21-24-23-19(17-5-3-11-30-17)25(21)12-16-4-2-10-29-16/h2-11H,12-13H2,1H3,(H,22,26). The van der Waals surface area contributed by atoms with Gasteiger partial charge >= 0.3 is 5.97 Å². The molecule has 0 saturated heterocycles. The molecule has 4 aromatic rings. The van der Waals surface area contributed by atoms with Crippen molar-refractivity contribution >= 4 is 29.3 Å². The molecule has 3 aromatic heterocycles. The second kappa shape index (κ2) is 9.35. The van der Waals surface area contributed by atoms with Crippen molar-refractivity contribution in [2.75, 3.05) is 18.2 Å². The number of carbonyl (C=O) groups is 2. The number of carbonyl (C=O) groups excluding carboxylic acids is 2. The fraction of sp³-hybridized carbons (Fsp3) is 0.143. The molecule has 0 bridgehead atoms. The molecule has 0 aliphatic carbocycles. The van der Waals surface area contributed by atoms with Gasteiger partial charge in [0.15, 0.2) is 10.9 Å². The van der Waals surface area contributed by atoms with Crippen molar-refractivity contribution < 1.29 is 23.2 Å². The van der Waals surface area contributed by atoms with Gasteiger partial charge in [-0.3, -0.25) is 9.36 Å². The minimum Gasteiger partial charge on any atom is -0.467 e. The number of nitrogens with one attached hydrogen (secondary N) is 1. The third-order valence-corrected chi connectivity index (χ3v) is 5.24. The maximum atomic E-state index is 12.4. The molecule has 1 amide bonds. The Morgan fingerprint density at radius 1 is 1.06 bits per heavy atom. The molecule has 0 spiro atoms. The SMILES string of the molecule is COC(=O)c1ccc(NC(=O)CSc2nnc(-c3ccco3)n2Cc2ccco2)cc1. The summed E-state index contributed by atoms with van der Waals surface area (Å²) in [7, 11) is 1.32. The van der Waals surface area contributed by atoms with Crippen molar-refractivity contribution in [1.29, 1.82) is 0 Å². The molecule has 0 aliphatic heterocycles. The van der Waals surface area contributed by atoms with Gasteiger partial charge in [-0.15, -0.1) is 10.2 Å². The molecule has 10 heteroatoms. The van der Waals surface area contributed by atoms with Gasteiger partial charge < -0.3 is 18.9 Å². The molecule has 1 aromatic carbocycles. The molecule has 1 N–H and O–H groups in total. The van der Waals surface area contributed by atoms with Gasteiger partial charge in [0.1, 0.15) is 5.76 Å². The van der Waals surface area contributed by atoms with Crippen LogP contribution in [0.3, 0.4) is 0 Å². The zero-order valence-electron chi connectivity index (χ0n) is 16.5. The summed E-state index contributed by atoms with van der Waals surface area (Å²) < 4.78 is 17.4. The first kappa shape index (κ1) is 20.5. The first-order chi connectivity index (χ1) is 15.1. The van der Waals surface area contributed by atoms with Gasteiger partial charge in [0.05, 0.1) is 37.5 Å². The number of benzene rings is 1. The maximum Gasteiger partial charge on any atom is 0.337 e. The fourth-order valence-electron chi connectivity index (χ4n) is 2.82. The van der Waals surface area contributed by atoms with Crippen LogP contribution in [0.1, 0.15) is 16.1 Å². The Bertz CT molecular complexity index is 1150. The van der Waals surface area contributed by atoms with E-state index in [1.165, 1.54) is 18.9 Å². The van der Waals surface area contributed by atoms with Crippen LogP contribution in [-0.2, 0) is 16.1 Å². The molecule has 3 heterocycles. The number of esters is 1. The van der Waals surface area contributed by atoms with Crippen LogP contribution in [0.5, 0.6) is 0 Å². The number of anilines is 1. The first-order valence-corrected chi connectivity index (χ1v) is 10.2. The number of hydrogen-bond acceptors (Lipinski definition) is 8. The average molecular weight is 438 g/mol. The van der Waals surface area contributed by atoms with Gasteiger partial charge in [-0.2, -0.15) is 0 Å². The summed E-state index contributed by atoms with van der Waals surface area (Å²) in [5, 5.41) is 11.8.